The summed E-state index contributed by atoms with van der Waals surface area (Å²) >= 11 is 0. The van der Waals surface area contributed by atoms with Gasteiger partial charge in [-0.3, -0.25) is 4.90 Å². The summed E-state index contributed by atoms with van der Waals surface area (Å²) in [5.41, 5.74) is 0. The Hall–Kier alpha value is -0.0800. The van der Waals surface area contributed by atoms with Gasteiger partial charge < -0.3 is 5.32 Å². The number of nitrogens with one attached hydrogen (secondary N) is 1. The standard InChI is InChI=1S/C13H24N2/c1-9(2)13-12-10(5-7-14-12)6-8-15(13)11-3-4-11/h9-14H,3-8H2,1-2H3. The van der Waals surface area contributed by atoms with Crippen molar-refractivity contribution < 1.29 is 0 Å². The maximum absolute atomic E-state index is 3.76. The molecular weight excluding hydrogens is 184 g/mol. The second-order valence-electron chi connectivity index (χ2n) is 6.02. The summed E-state index contributed by atoms with van der Waals surface area (Å²) in [5, 5.41) is 3.76. The Balaban J connectivity index is 1.79. The highest BCUT2D eigenvalue weighted by Crippen LogP contribution is 2.39. The normalized spacial score (nSPS) is 42.2. The summed E-state index contributed by atoms with van der Waals surface area (Å²) in [5.74, 6) is 1.79. The smallest absolute Gasteiger partial charge is 0.0277 e. The van der Waals surface area contributed by atoms with Gasteiger partial charge in [0.1, 0.15) is 0 Å². The van der Waals surface area contributed by atoms with Crippen molar-refractivity contribution in [3.05, 3.63) is 0 Å². The SMILES string of the molecule is CC(C)C1C2NCCC2CCN1C1CC1. The Morgan fingerprint density at radius 1 is 1.13 bits per heavy atom. The van der Waals surface area contributed by atoms with Crippen LogP contribution in [-0.2, 0) is 0 Å². The largest absolute Gasteiger partial charge is 0.312 e. The molecule has 0 aromatic carbocycles. The molecule has 2 saturated heterocycles. The van der Waals surface area contributed by atoms with Gasteiger partial charge in [-0.05, 0) is 50.6 Å². The molecule has 1 saturated carbocycles. The van der Waals surface area contributed by atoms with Gasteiger partial charge in [-0.15, -0.1) is 0 Å². The van der Waals surface area contributed by atoms with Gasteiger partial charge >= 0.3 is 0 Å². The van der Waals surface area contributed by atoms with Crippen LogP contribution in [0.25, 0.3) is 0 Å². The van der Waals surface area contributed by atoms with Crippen LogP contribution in [0.15, 0.2) is 0 Å². The van der Waals surface area contributed by atoms with Crippen LogP contribution >= 0.6 is 0 Å². The number of hydrogen-bond donors (Lipinski definition) is 1. The van der Waals surface area contributed by atoms with Crippen LogP contribution in [0.1, 0.15) is 39.5 Å². The highest BCUT2D eigenvalue weighted by Gasteiger charge is 2.46. The fraction of sp³-hybridized carbons (Fsp3) is 1.00. The van der Waals surface area contributed by atoms with E-state index in [1.165, 1.54) is 38.8 Å². The van der Waals surface area contributed by atoms with Gasteiger partial charge in [0.2, 0.25) is 0 Å². The molecule has 0 amide bonds. The zero-order valence-electron chi connectivity index (χ0n) is 10.1. The molecular formula is C13H24N2. The minimum atomic E-state index is 0.805. The maximum Gasteiger partial charge on any atom is 0.0277 e. The third-order valence-electron chi connectivity index (χ3n) is 4.61. The lowest BCUT2D eigenvalue weighted by molar-refractivity contribution is 0.0551. The van der Waals surface area contributed by atoms with Crippen LogP contribution in [0.3, 0.4) is 0 Å². The van der Waals surface area contributed by atoms with Crippen molar-refractivity contribution >= 4 is 0 Å². The van der Waals surface area contributed by atoms with E-state index in [0.29, 0.717) is 0 Å². The van der Waals surface area contributed by atoms with Crippen molar-refractivity contribution in [2.24, 2.45) is 11.8 Å². The fourth-order valence-corrected chi connectivity index (χ4v) is 3.81. The molecule has 0 radical (unpaired) electrons. The third-order valence-corrected chi connectivity index (χ3v) is 4.61. The summed E-state index contributed by atoms with van der Waals surface area (Å²) in [6.45, 7) is 7.44. The lowest BCUT2D eigenvalue weighted by Crippen LogP contribution is -2.57. The Morgan fingerprint density at radius 3 is 2.60 bits per heavy atom. The minimum Gasteiger partial charge on any atom is -0.312 e. The molecule has 0 aromatic rings. The average Bonchev–Trinajstić information content (AvgIpc) is 2.94. The lowest BCUT2D eigenvalue weighted by atomic mass is 9.81. The number of nitrogens with zero attached hydrogens (tertiary/aromatic N) is 1. The first-order chi connectivity index (χ1) is 7.27. The molecule has 0 bridgehead atoms. The number of likely N-dealkylation sites (tertiary alicyclic amines) is 1. The Kier molecular flexibility index (Phi) is 2.52. The molecule has 1 N–H and O–H groups in total. The first-order valence-electron chi connectivity index (χ1n) is 6.76. The van der Waals surface area contributed by atoms with Crippen molar-refractivity contribution in [3.63, 3.8) is 0 Å². The molecule has 1 aliphatic carbocycles. The van der Waals surface area contributed by atoms with E-state index in [9.17, 15) is 0 Å². The monoisotopic (exact) mass is 208 g/mol. The van der Waals surface area contributed by atoms with E-state index >= 15 is 0 Å². The summed E-state index contributed by atoms with van der Waals surface area (Å²) in [6.07, 6.45) is 5.78. The van der Waals surface area contributed by atoms with E-state index in [2.05, 4.69) is 24.1 Å². The first-order valence-corrected chi connectivity index (χ1v) is 6.76. The van der Waals surface area contributed by atoms with Gasteiger partial charge in [-0.1, -0.05) is 13.8 Å². The molecule has 2 heteroatoms. The molecule has 15 heavy (non-hydrogen) atoms. The highest BCUT2D eigenvalue weighted by molar-refractivity contribution is 5.03. The number of piperidine rings is 1. The molecule has 2 aliphatic heterocycles. The van der Waals surface area contributed by atoms with Crippen LogP contribution in [0, 0.1) is 11.8 Å². The fourth-order valence-electron chi connectivity index (χ4n) is 3.81. The topological polar surface area (TPSA) is 15.3 Å². The van der Waals surface area contributed by atoms with Gasteiger partial charge in [0.05, 0.1) is 0 Å². The van der Waals surface area contributed by atoms with Gasteiger partial charge in [-0.25, -0.2) is 0 Å². The molecule has 0 spiro atoms. The van der Waals surface area contributed by atoms with E-state index < -0.39 is 0 Å². The zero-order chi connectivity index (χ0) is 10.4. The van der Waals surface area contributed by atoms with Crippen molar-refractivity contribution in [2.75, 3.05) is 13.1 Å². The van der Waals surface area contributed by atoms with Crippen LogP contribution in [0.4, 0.5) is 0 Å². The van der Waals surface area contributed by atoms with Crippen LogP contribution in [-0.4, -0.2) is 36.1 Å². The van der Waals surface area contributed by atoms with E-state index in [-0.39, 0.29) is 0 Å². The molecule has 3 fully saturated rings. The van der Waals surface area contributed by atoms with Crippen LogP contribution in [0.5, 0.6) is 0 Å². The second kappa shape index (κ2) is 3.74. The number of rotatable bonds is 2. The number of fused-ring (bicyclic) bond motifs is 1. The van der Waals surface area contributed by atoms with Crippen LogP contribution < -0.4 is 5.32 Å². The number of hydrogen-bond acceptors (Lipinski definition) is 2. The summed E-state index contributed by atoms with van der Waals surface area (Å²) in [7, 11) is 0. The Morgan fingerprint density at radius 2 is 1.93 bits per heavy atom. The summed E-state index contributed by atoms with van der Waals surface area (Å²) in [4.78, 5) is 2.82. The second-order valence-corrected chi connectivity index (χ2v) is 6.02. The first kappa shape index (κ1) is 10.1. The van der Waals surface area contributed by atoms with Gasteiger partial charge in [0.25, 0.3) is 0 Å². The molecule has 3 atom stereocenters. The van der Waals surface area contributed by atoms with E-state index in [4.69, 9.17) is 0 Å². The predicted octanol–water partition coefficient (Wildman–Crippen LogP) is 1.86. The summed E-state index contributed by atoms with van der Waals surface area (Å²) in [6, 6.07) is 2.57. The van der Waals surface area contributed by atoms with Crippen molar-refractivity contribution in [2.45, 2.75) is 57.7 Å². The maximum atomic E-state index is 3.76. The van der Waals surface area contributed by atoms with Crippen molar-refractivity contribution in [1.29, 1.82) is 0 Å². The van der Waals surface area contributed by atoms with Gasteiger partial charge in [-0.2, -0.15) is 0 Å². The lowest BCUT2D eigenvalue weighted by Gasteiger charge is -2.45. The Bertz CT molecular complexity index is 233. The zero-order valence-corrected chi connectivity index (χ0v) is 10.1. The predicted molar refractivity (Wildman–Crippen MR) is 62.9 cm³/mol. The summed E-state index contributed by atoms with van der Waals surface area (Å²) < 4.78 is 0. The van der Waals surface area contributed by atoms with E-state index in [0.717, 1.165) is 30.0 Å². The average molecular weight is 208 g/mol. The van der Waals surface area contributed by atoms with Crippen LogP contribution in [0.2, 0.25) is 0 Å². The quantitative estimate of drug-likeness (QED) is 0.745. The molecule has 2 nitrogen and oxygen atoms in total. The third kappa shape index (κ3) is 1.72. The molecule has 3 aliphatic rings. The molecule has 3 rings (SSSR count). The molecule has 2 heterocycles. The van der Waals surface area contributed by atoms with Crippen molar-refractivity contribution in [1.82, 2.24) is 10.2 Å². The molecule has 0 aromatic heterocycles. The minimum absolute atomic E-state index is 0.805. The van der Waals surface area contributed by atoms with E-state index in [1.54, 1.807) is 0 Å². The van der Waals surface area contributed by atoms with E-state index in [1.807, 2.05) is 0 Å². The van der Waals surface area contributed by atoms with Gasteiger partial charge in [0.15, 0.2) is 0 Å². The Labute approximate surface area is 93.4 Å². The van der Waals surface area contributed by atoms with Gasteiger partial charge in [0, 0.05) is 18.1 Å². The molecule has 3 unspecified atom stereocenters. The molecule has 86 valence electrons. The highest BCUT2D eigenvalue weighted by atomic mass is 15.3. The van der Waals surface area contributed by atoms with Crippen molar-refractivity contribution in [3.8, 4) is 0 Å².